The number of carbonyl (C=O) groups is 2. The Hall–Kier alpha value is -2.42. The molecule has 0 radical (unpaired) electrons. The van der Waals surface area contributed by atoms with Crippen molar-refractivity contribution in [3.05, 3.63) is 23.8 Å². The number of imide groups is 1. The number of halogens is 2. The number of rotatable bonds is 9. The number of likely N-dealkylation sites (N-methyl/N-ethyl adjacent to an activating group) is 1. The number of quaternary nitrogens is 1. The number of hydrogen-bond acceptors (Lipinski definition) is 4. The first kappa shape index (κ1) is 21.6. The summed E-state index contributed by atoms with van der Waals surface area (Å²) >= 11 is 0. The second-order valence-electron chi connectivity index (χ2n) is 6.33. The summed E-state index contributed by atoms with van der Waals surface area (Å²) in [6.45, 7) is 1.96. The van der Waals surface area contributed by atoms with Crippen LogP contribution in [0.2, 0.25) is 0 Å². The summed E-state index contributed by atoms with van der Waals surface area (Å²) in [7, 11) is 3.14. The smallest absolute Gasteiger partial charge is 0.387 e. The minimum atomic E-state index is -2.94. The standard InChI is InChI=1S/C17H25F2N3O4/c1-11(2)8-20-17(24)21-15(23)10-22(3)9-12-5-6-13(26-16(18)19)14(7-12)25-4/h5-7,11,16H,8-10H2,1-4H3,(H2,20,21,23,24)/p+1. The SMILES string of the molecule is COc1cc(C[NH+](C)CC(=O)NC(=O)NCC(C)C)ccc1OC(F)F. The Morgan fingerprint density at radius 1 is 1.23 bits per heavy atom. The van der Waals surface area contributed by atoms with E-state index in [1.165, 1.54) is 13.2 Å². The van der Waals surface area contributed by atoms with E-state index in [2.05, 4.69) is 15.4 Å². The van der Waals surface area contributed by atoms with E-state index < -0.39 is 18.5 Å². The Kier molecular flexibility index (Phi) is 8.77. The number of amides is 3. The molecule has 0 saturated heterocycles. The summed E-state index contributed by atoms with van der Waals surface area (Å²) in [5.74, 6) is 0.0149. The fourth-order valence-electron chi connectivity index (χ4n) is 2.21. The molecule has 1 aromatic carbocycles. The summed E-state index contributed by atoms with van der Waals surface area (Å²) < 4.78 is 34.1. The Morgan fingerprint density at radius 2 is 1.92 bits per heavy atom. The summed E-state index contributed by atoms with van der Waals surface area (Å²) in [5.41, 5.74) is 0.776. The van der Waals surface area contributed by atoms with Crippen LogP contribution in [0, 0.1) is 5.92 Å². The average Bonchev–Trinajstić information content (AvgIpc) is 2.53. The molecule has 26 heavy (non-hydrogen) atoms. The Morgan fingerprint density at radius 3 is 2.50 bits per heavy atom. The third kappa shape index (κ3) is 8.11. The Labute approximate surface area is 151 Å². The van der Waals surface area contributed by atoms with Crippen LogP contribution < -0.4 is 25.0 Å². The lowest BCUT2D eigenvalue weighted by Gasteiger charge is -2.16. The van der Waals surface area contributed by atoms with Crippen LogP contribution in [0.25, 0.3) is 0 Å². The van der Waals surface area contributed by atoms with Crippen molar-refractivity contribution in [2.45, 2.75) is 27.0 Å². The van der Waals surface area contributed by atoms with Crippen LogP contribution in [0.5, 0.6) is 11.5 Å². The van der Waals surface area contributed by atoms with Gasteiger partial charge in [-0.25, -0.2) is 4.79 Å². The van der Waals surface area contributed by atoms with Crippen molar-refractivity contribution in [1.29, 1.82) is 0 Å². The van der Waals surface area contributed by atoms with E-state index in [-0.39, 0.29) is 24.0 Å². The van der Waals surface area contributed by atoms with E-state index in [9.17, 15) is 18.4 Å². The molecular weight excluding hydrogens is 348 g/mol. The van der Waals surface area contributed by atoms with Gasteiger partial charge in [0.25, 0.3) is 5.91 Å². The number of urea groups is 1. The van der Waals surface area contributed by atoms with E-state index in [4.69, 9.17) is 4.74 Å². The first-order valence-corrected chi connectivity index (χ1v) is 8.22. The normalized spacial score (nSPS) is 12.0. The first-order chi connectivity index (χ1) is 12.2. The lowest BCUT2D eigenvalue weighted by molar-refractivity contribution is -0.885. The zero-order valence-corrected chi connectivity index (χ0v) is 15.4. The zero-order valence-electron chi connectivity index (χ0n) is 15.4. The van der Waals surface area contributed by atoms with E-state index in [0.717, 1.165) is 10.5 Å². The Balaban J connectivity index is 2.55. The van der Waals surface area contributed by atoms with Crippen LogP contribution in [-0.2, 0) is 11.3 Å². The van der Waals surface area contributed by atoms with Gasteiger partial charge in [-0.2, -0.15) is 8.78 Å². The van der Waals surface area contributed by atoms with Crippen molar-refractivity contribution in [3.63, 3.8) is 0 Å². The van der Waals surface area contributed by atoms with Crippen LogP contribution >= 0.6 is 0 Å². The van der Waals surface area contributed by atoms with Crippen molar-refractivity contribution < 1.29 is 32.7 Å². The Bertz CT molecular complexity index is 612. The van der Waals surface area contributed by atoms with Crippen molar-refractivity contribution in [1.82, 2.24) is 10.6 Å². The number of ether oxygens (including phenoxy) is 2. The summed E-state index contributed by atoms with van der Waals surface area (Å²) in [6, 6.07) is 4.07. The third-order valence-electron chi connectivity index (χ3n) is 3.34. The van der Waals surface area contributed by atoms with Crippen LogP contribution in [0.1, 0.15) is 19.4 Å². The highest BCUT2D eigenvalue weighted by molar-refractivity contribution is 5.94. The molecule has 146 valence electrons. The summed E-state index contributed by atoms with van der Waals surface area (Å²) in [6.07, 6.45) is 0. The van der Waals surface area contributed by atoms with E-state index in [1.807, 2.05) is 13.8 Å². The molecule has 0 fully saturated rings. The zero-order chi connectivity index (χ0) is 19.7. The number of alkyl halides is 2. The lowest BCUT2D eigenvalue weighted by Crippen LogP contribution is -3.09. The van der Waals surface area contributed by atoms with Gasteiger partial charge in [0, 0.05) is 12.1 Å². The van der Waals surface area contributed by atoms with Gasteiger partial charge in [-0.15, -0.1) is 0 Å². The lowest BCUT2D eigenvalue weighted by atomic mass is 10.2. The largest absolute Gasteiger partial charge is 0.493 e. The molecule has 0 aliphatic heterocycles. The molecule has 0 aliphatic rings. The second kappa shape index (κ2) is 10.5. The van der Waals surface area contributed by atoms with Crippen molar-refractivity contribution in [2.24, 2.45) is 5.92 Å². The van der Waals surface area contributed by atoms with Gasteiger partial charge in [0.2, 0.25) is 0 Å². The first-order valence-electron chi connectivity index (χ1n) is 8.22. The molecule has 0 spiro atoms. The second-order valence-corrected chi connectivity index (χ2v) is 6.33. The number of nitrogens with one attached hydrogen (secondary N) is 3. The van der Waals surface area contributed by atoms with Gasteiger partial charge in [0.05, 0.1) is 14.2 Å². The minimum absolute atomic E-state index is 0.0523. The summed E-state index contributed by atoms with van der Waals surface area (Å²) in [5, 5.41) is 4.87. The molecule has 3 N–H and O–H groups in total. The highest BCUT2D eigenvalue weighted by Gasteiger charge is 2.16. The average molecular weight is 374 g/mol. The predicted octanol–water partition coefficient (Wildman–Crippen LogP) is 0.793. The maximum Gasteiger partial charge on any atom is 0.387 e. The van der Waals surface area contributed by atoms with Crippen LogP contribution in [0.15, 0.2) is 18.2 Å². The van der Waals surface area contributed by atoms with Gasteiger partial charge in [0.15, 0.2) is 18.0 Å². The van der Waals surface area contributed by atoms with Gasteiger partial charge in [-0.3, -0.25) is 10.1 Å². The van der Waals surface area contributed by atoms with E-state index >= 15 is 0 Å². The fourth-order valence-corrected chi connectivity index (χ4v) is 2.21. The topological polar surface area (TPSA) is 81.1 Å². The molecule has 1 unspecified atom stereocenters. The molecule has 7 nitrogen and oxygen atoms in total. The fraction of sp³-hybridized carbons (Fsp3) is 0.529. The summed E-state index contributed by atoms with van der Waals surface area (Å²) in [4.78, 5) is 24.2. The minimum Gasteiger partial charge on any atom is -0.493 e. The molecule has 0 aliphatic carbocycles. The molecule has 1 rings (SSSR count). The number of methoxy groups -OCH3 is 1. The molecule has 0 heterocycles. The predicted molar refractivity (Wildman–Crippen MR) is 91.5 cm³/mol. The molecule has 0 bridgehead atoms. The maximum absolute atomic E-state index is 12.3. The van der Waals surface area contributed by atoms with E-state index in [1.54, 1.807) is 19.2 Å². The van der Waals surface area contributed by atoms with Crippen LogP contribution in [-0.4, -0.2) is 45.8 Å². The molecular formula is C17H26F2N3O4+. The number of benzene rings is 1. The van der Waals surface area contributed by atoms with Crippen LogP contribution in [0.4, 0.5) is 13.6 Å². The van der Waals surface area contributed by atoms with Crippen molar-refractivity contribution in [3.8, 4) is 11.5 Å². The monoisotopic (exact) mass is 374 g/mol. The molecule has 9 heteroatoms. The molecule has 0 saturated carbocycles. The third-order valence-corrected chi connectivity index (χ3v) is 3.34. The van der Waals surface area contributed by atoms with Crippen molar-refractivity contribution in [2.75, 3.05) is 27.2 Å². The number of hydrogen-bond donors (Lipinski definition) is 3. The molecule has 0 aromatic heterocycles. The van der Waals surface area contributed by atoms with Crippen LogP contribution in [0.3, 0.4) is 0 Å². The highest BCUT2D eigenvalue weighted by Crippen LogP contribution is 2.29. The highest BCUT2D eigenvalue weighted by atomic mass is 19.3. The molecule has 1 aromatic rings. The van der Waals surface area contributed by atoms with Crippen molar-refractivity contribution >= 4 is 11.9 Å². The van der Waals surface area contributed by atoms with Gasteiger partial charge in [-0.1, -0.05) is 13.8 Å². The number of carbonyl (C=O) groups excluding carboxylic acids is 2. The van der Waals surface area contributed by atoms with Gasteiger partial charge in [-0.05, 0) is 24.1 Å². The van der Waals surface area contributed by atoms with Gasteiger partial charge < -0.3 is 19.7 Å². The quantitative estimate of drug-likeness (QED) is 0.597. The van der Waals surface area contributed by atoms with Gasteiger partial charge >= 0.3 is 12.6 Å². The maximum atomic E-state index is 12.3. The molecule has 3 amide bonds. The van der Waals surface area contributed by atoms with E-state index in [0.29, 0.717) is 13.1 Å². The van der Waals surface area contributed by atoms with Gasteiger partial charge in [0.1, 0.15) is 6.54 Å². The molecule has 1 atom stereocenters.